The van der Waals surface area contributed by atoms with Gasteiger partial charge in [0.15, 0.2) is 5.13 Å². The molecule has 0 saturated carbocycles. The number of nitrogens with zero attached hydrogens (tertiary/aromatic N) is 2. The van der Waals surface area contributed by atoms with Gasteiger partial charge in [-0.05, 0) is 41.8 Å². The Kier molecular flexibility index (Phi) is 6.24. The van der Waals surface area contributed by atoms with Crippen molar-refractivity contribution in [2.24, 2.45) is 0 Å². The zero-order chi connectivity index (χ0) is 22.7. The molecule has 2 aromatic carbocycles. The summed E-state index contributed by atoms with van der Waals surface area (Å²) in [4.78, 5) is 30.6. The molecule has 1 aliphatic heterocycles. The summed E-state index contributed by atoms with van der Waals surface area (Å²) in [5.41, 5.74) is 2.60. The van der Waals surface area contributed by atoms with E-state index >= 15 is 0 Å². The maximum Gasteiger partial charge on any atom is 0.263 e. The van der Waals surface area contributed by atoms with Crippen LogP contribution in [0.1, 0.15) is 30.5 Å². The van der Waals surface area contributed by atoms with Crippen molar-refractivity contribution < 1.29 is 18.0 Å². The lowest BCUT2D eigenvalue weighted by atomic mass is 9.90. The van der Waals surface area contributed by atoms with Gasteiger partial charge in [0.25, 0.3) is 10.0 Å². The molecule has 2 heterocycles. The van der Waals surface area contributed by atoms with E-state index in [1.165, 1.54) is 48.7 Å². The van der Waals surface area contributed by atoms with Gasteiger partial charge in [0.1, 0.15) is 0 Å². The molecule has 4 rings (SSSR count). The van der Waals surface area contributed by atoms with E-state index in [4.69, 9.17) is 0 Å². The predicted octanol–water partition coefficient (Wildman–Crippen LogP) is 3.42. The van der Waals surface area contributed by atoms with Gasteiger partial charge >= 0.3 is 0 Å². The zero-order valence-corrected chi connectivity index (χ0v) is 18.9. The second kappa shape index (κ2) is 9.09. The molecule has 0 aliphatic carbocycles. The largest absolute Gasteiger partial charge is 0.335 e. The van der Waals surface area contributed by atoms with Gasteiger partial charge in [0.2, 0.25) is 11.8 Å². The average molecular weight is 471 g/mol. The highest BCUT2D eigenvalue weighted by Gasteiger charge is 2.30. The first-order chi connectivity index (χ1) is 15.3. The summed E-state index contributed by atoms with van der Waals surface area (Å²) < 4.78 is 27.3. The maximum atomic E-state index is 12.8. The van der Waals surface area contributed by atoms with Crippen LogP contribution in [0.25, 0.3) is 0 Å². The molecule has 0 fully saturated rings. The average Bonchev–Trinajstić information content (AvgIpc) is 3.26. The lowest BCUT2D eigenvalue weighted by molar-refractivity contribution is -0.132. The summed E-state index contributed by atoms with van der Waals surface area (Å²) in [6.45, 7) is 2.08. The lowest BCUT2D eigenvalue weighted by Crippen LogP contribution is -2.40. The van der Waals surface area contributed by atoms with Crippen molar-refractivity contribution >= 4 is 44.0 Å². The van der Waals surface area contributed by atoms with E-state index in [-0.39, 0.29) is 34.3 Å². The van der Waals surface area contributed by atoms with Crippen molar-refractivity contribution in [3.8, 4) is 0 Å². The van der Waals surface area contributed by atoms with Crippen LogP contribution in [0.2, 0.25) is 0 Å². The summed E-state index contributed by atoms with van der Waals surface area (Å²) >= 11 is 1.18. The number of amides is 2. The fourth-order valence-electron chi connectivity index (χ4n) is 3.80. The molecule has 1 aliphatic rings. The minimum atomic E-state index is -3.76. The lowest BCUT2D eigenvalue weighted by Gasteiger charge is -2.36. The number of thiazole rings is 1. The molecule has 8 nitrogen and oxygen atoms in total. The van der Waals surface area contributed by atoms with Crippen LogP contribution in [0.5, 0.6) is 0 Å². The molecule has 166 valence electrons. The maximum absolute atomic E-state index is 12.8. The Hall–Kier alpha value is -3.24. The van der Waals surface area contributed by atoms with Gasteiger partial charge < -0.3 is 10.2 Å². The van der Waals surface area contributed by atoms with Gasteiger partial charge in [0, 0.05) is 30.7 Å². The van der Waals surface area contributed by atoms with Crippen molar-refractivity contribution in [2.45, 2.75) is 30.7 Å². The van der Waals surface area contributed by atoms with E-state index in [0.717, 1.165) is 17.5 Å². The summed E-state index contributed by atoms with van der Waals surface area (Å²) in [6, 6.07) is 13.4. The van der Waals surface area contributed by atoms with E-state index < -0.39 is 10.0 Å². The minimum absolute atomic E-state index is 0.0645. The van der Waals surface area contributed by atoms with Crippen molar-refractivity contribution in [2.75, 3.05) is 16.6 Å². The second-order valence-electron chi connectivity index (χ2n) is 7.40. The van der Waals surface area contributed by atoms with Crippen LogP contribution in [0.15, 0.2) is 65.0 Å². The molecule has 1 aromatic heterocycles. The standard InChI is InChI=1S/C22H22N4O4S2/c1-15(27)26-12-10-16-4-2-3-5-19(16)20(26)14-21(28)24-17-6-8-18(9-7-17)32(29,30)25-22-23-11-13-31-22/h2-9,11,13,20H,10,12,14H2,1H3,(H,23,25)(H,24,28). The monoisotopic (exact) mass is 470 g/mol. The van der Waals surface area contributed by atoms with Gasteiger partial charge in [-0.25, -0.2) is 13.4 Å². The van der Waals surface area contributed by atoms with E-state index in [1.54, 1.807) is 10.3 Å². The molecule has 10 heteroatoms. The quantitative estimate of drug-likeness (QED) is 0.574. The highest BCUT2D eigenvalue weighted by molar-refractivity contribution is 7.93. The van der Waals surface area contributed by atoms with Crippen LogP contribution in [0.4, 0.5) is 10.8 Å². The molecule has 3 aromatic rings. The van der Waals surface area contributed by atoms with Gasteiger partial charge in [-0.15, -0.1) is 11.3 Å². The molecule has 2 amide bonds. The molecule has 0 bridgehead atoms. The highest BCUT2D eigenvalue weighted by Crippen LogP contribution is 2.32. The number of rotatable bonds is 6. The number of aromatic nitrogens is 1. The molecule has 2 N–H and O–H groups in total. The third-order valence-corrected chi connectivity index (χ3v) is 7.47. The topological polar surface area (TPSA) is 108 Å². The third kappa shape index (κ3) is 4.81. The van der Waals surface area contributed by atoms with Crippen LogP contribution in [0.3, 0.4) is 0 Å². The normalized spacial score (nSPS) is 15.7. The van der Waals surface area contributed by atoms with Gasteiger partial charge in [-0.3, -0.25) is 14.3 Å². The molecule has 0 spiro atoms. The third-order valence-electron chi connectivity index (χ3n) is 5.30. The molecule has 1 atom stereocenters. The Bertz CT molecular complexity index is 1230. The number of hydrogen-bond donors (Lipinski definition) is 2. The van der Waals surface area contributed by atoms with Crippen LogP contribution in [0, 0.1) is 0 Å². The first-order valence-electron chi connectivity index (χ1n) is 10.0. The van der Waals surface area contributed by atoms with Crippen LogP contribution < -0.4 is 10.0 Å². The van der Waals surface area contributed by atoms with Crippen molar-refractivity contribution in [3.63, 3.8) is 0 Å². The SMILES string of the molecule is CC(=O)N1CCc2ccccc2C1CC(=O)Nc1ccc(S(=O)(=O)Nc2nccs2)cc1. The highest BCUT2D eigenvalue weighted by atomic mass is 32.2. The summed E-state index contributed by atoms with van der Waals surface area (Å²) in [6.07, 6.45) is 2.39. The van der Waals surface area contributed by atoms with E-state index in [9.17, 15) is 18.0 Å². The van der Waals surface area contributed by atoms with Crippen molar-refractivity contribution in [1.82, 2.24) is 9.88 Å². The van der Waals surface area contributed by atoms with Crippen molar-refractivity contribution in [1.29, 1.82) is 0 Å². The number of carbonyl (C=O) groups excluding carboxylic acids is 2. The molecule has 0 saturated heterocycles. The van der Waals surface area contributed by atoms with E-state index in [1.807, 2.05) is 24.3 Å². The Morgan fingerprint density at radius 2 is 1.91 bits per heavy atom. The number of anilines is 2. The molecular formula is C22H22N4O4S2. The summed E-state index contributed by atoms with van der Waals surface area (Å²) in [5, 5.41) is 4.76. The number of nitrogens with one attached hydrogen (secondary N) is 2. The molecule has 0 radical (unpaired) electrons. The van der Waals surface area contributed by atoms with E-state index in [2.05, 4.69) is 15.0 Å². The first-order valence-corrected chi connectivity index (χ1v) is 12.4. The van der Waals surface area contributed by atoms with Crippen LogP contribution >= 0.6 is 11.3 Å². The van der Waals surface area contributed by atoms with E-state index in [0.29, 0.717) is 12.2 Å². The Morgan fingerprint density at radius 1 is 1.16 bits per heavy atom. The fraction of sp³-hybridized carbons (Fsp3) is 0.227. The fourth-order valence-corrected chi connectivity index (χ4v) is 5.59. The second-order valence-corrected chi connectivity index (χ2v) is 9.97. The number of carbonyl (C=O) groups is 2. The van der Waals surface area contributed by atoms with Crippen LogP contribution in [-0.4, -0.2) is 36.7 Å². The van der Waals surface area contributed by atoms with Gasteiger partial charge in [-0.1, -0.05) is 24.3 Å². The van der Waals surface area contributed by atoms with Crippen LogP contribution in [-0.2, 0) is 26.0 Å². The van der Waals surface area contributed by atoms with Gasteiger partial charge in [0.05, 0.1) is 17.4 Å². The molecule has 32 heavy (non-hydrogen) atoms. The number of hydrogen-bond acceptors (Lipinski definition) is 6. The van der Waals surface area contributed by atoms with Crippen molar-refractivity contribution in [3.05, 3.63) is 71.2 Å². The number of sulfonamides is 1. The smallest absolute Gasteiger partial charge is 0.263 e. The first kappa shape index (κ1) is 22.0. The minimum Gasteiger partial charge on any atom is -0.335 e. The predicted molar refractivity (Wildman–Crippen MR) is 123 cm³/mol. The van der Waals surface area contributed by atoms with Gasteiger partial charge in [-0.2, -0.15) is 0 Å². The Balaban J connectivity index is 1.45. The zero-order valence-electron chi connectivity index (χ0n) is 17.3. The number of fused-ring (bicyclic) bond motifs is 1. The molecule has 1 unspecified atom stereocenters. The Morgan fingerprint density at radius 3 is 2.59 bits per heavy atom. The summed E-state index contributed by atoms with van der Waals surface area (Å²) in [7, 11) is -3.76. The Labute approximate surface area is 190 Å². The molecular weight excluding hydrogens is 448 g/mol. The summed E-state index contributed by atoms with van der Waals surface area (Å²) in [5.74, 6) is -0.325. The number of benzene rings is 2.